The van der Waals surface area contributed by atoms with Gasteiger partial charge in [-0.1, -0.05) is 0 Å². The molecule has 1 aliphatic heterocycles. The number of carbonyl (C=O) groups excluding carboxylic acids is 1. The maximum atomic E-state index is 12.8. The van der Waals surface area contributed by atoms with Crippen molar-refractivity contribution in [1.29, 1.82) is 0 Å². The minimum atomic E-state index is -0.318. The van der Waals surface area contributed by atoms with E-state index in [2.05, 4.69) is 4.98 Å². The molecule has 0 bridgehead atoms. The number of H-pyrrole nitrogens is 1. The standard InChI is InChI=1S/C18H22N2O4S/c1-2-23-15-10-14(21)18(15)5-7-20(8-6-18)16(22)11-3-4-12-13(9-11)24-17(25)19-12/h3-4,9,14-15,21H,2,5-8,10H2,1H3,(H,19,25)/t14-,15+/m1/s1. The summed E-state index contributed by atoms with van der Waals surface area (Å²) in [5, 5.41) is 10.3. The van der Waals surface area contributed by atoms with Gasteiger partial charge in [0.15, 0.2) is 5.58 Å². The maximum Gasteiger partial charge on any atom is 0.266 e. The second-order valence-corrected chi connectivity index (χ2v) is 7.32. The Morgan fingerprint density at radius 2 is 2.24 bits per heavy atom. The predicted molar refractivity (Wildman–Crippen MR) is 95.0 cm³/mol. The number of piperidine rings is 1. The molecule has 2 fully saturated rings. The van der Waals surface area contributed by atoms with E-state index in [4.69, 9.17) is 21.4 Å². The number of aromatic nitrogens is 1. The van der Waals surface area contributed by atoms with Gasteiger partial charge in [0.05, 0.1) is 17.7 Å². The topological polar surface area (TPSA) is 78.7 Å². The van der Waals surface area contributed by atoms with Crippen molar-refractivity contribution >= 4 is 29.2 Å². The van der Waals surface area contributed by atoms with Crippen molar-refractivity contribution in [1.82, 2.24) is 9.88 Å². The molecular weight excluding hydrogens is 340 g/mol. The Hall–Kier alpha value is -1.70. The van der Waals surface area contributed by atoms with Gasteiger partial charge in [-0.25, -0.2) is 0 Å². The first kappa shape index (κ1) is 16.8. The lowest BCUT2D eigenvalue weighted by Crippen LogP contribution is -2.62. The molecule has 0 unspecified atom stereocenters. The number of hydrogen-bond donors (Lipinski definition) is 2. The molecule has 6 nitrogen and oxygen atoms in total. The largest absolute Gasteiger partial charge is 0.429 e. The van der Waals surface area contributed by atoms with Crippen molar-refractivity contribution in [3.05, 3.63) is 28.6 Å². The quantitative estimate of drug-likeness (QED) is 0.821. The third kappa shape index (κ3) is 2.70. The third-order valence-electron chi connectivity index (χ3n) is 5.76. The molecule has 4 rings (SSSR count). The number of oxazole rings is 1. The zero-order valence-electron chi connectivity index (χ0n) is 14.2. The summed E-state index contributed by atoms with van der Waals surface area (Å²) in [5.41, 5.74) is 1.80. The van der Waals surface area contributed by atoms with Crippen molar-refractivity contribution in [2.24, 2.45) is 5.41 Å². The number of aromatic amines is 1. The Morgan fingerprint density at radius 3 is 2.92 bits per heavy atom. The van der Waals surface area contributed by atoms with Crippen LogP contribution in [0.1, 0.15) is 36.5 Å². The van der Waals surface area contributed by atoms with Crippen LogP contribution in [-0.4, -0.2) is 52.8 Å². The third-order valence-corrected chi connectivity index (χ3v) is 5.94. The molecule has 0 radical (unpaired) electrons. The maximum absolute atomic E-state index is 12.8. The van der Waals surface area contributed by atoms with Crippen LogP contribution in [-0.2, 0) is 4.74 Å². The van der Waals surface area contributed by atoms with E-state index < -0.39 is 0 Å². The van der Waals surface area contributed by atoms with E-state index in [0.29, 0.717) is 42.1 Å². The number of benzene rings is 1. The lowest BCUT2D eigenvalue weighted by Gasteiger charge is -2.56. The van der Waals surface area contributed by atoms with Crippen LogP contribution in [0.25, 0.3) is 11.1 Å². The molecule has 1 aromatic carbocycles. The van der Waals surface area contributed by atoms with Crippen LogP contribution in [0.15, 0.2) is 22.6 Å². The molecule has 25 heavy (non-hydrogen) atoms. The average molecular weight is 362 g/mol. The first-order chi connectivity index (χ1) is 12.0. The fourth-order valence-corrected chi connectivity index (χ4v) is 4.40. The highest BCUT2D eigenvalue weighted by Crippen LogP contribution is 2.51. The SMILES string of the molecule is CCO[C@H]1C[C@@H](O)C12CCN(C(=O)c1ccc3[nH]c(=S)oc3c1)CC2. The van der Waals surface area contributed by atoms with E-state index in [1.165, 1.54) is 0 Å². The molecular formula is C18H22N2O4S. The summed E-state index contributed by atoms with van der Waals surface area (Å²) in [5.74, 6) is -0.0131. The van der Waals surface area contributed by atoms with Gasteiger partial charge in [-0.05, 0) is 50.2 Å². The van der Waals surface area contributed by atoms with Crippen LogP contribution < -0.4 is 0 Å². The van der Waals surface area contributed by atoms with Gasteiger partial charge in [0, 0.05) is 37.1 Å². The highest BCUT2D eigenvalue weighted by atomic mass is 32.1. The predicted octanol–water partition coefficient (Wildman–Crippen LogP) is 2.88. The molecule has 1 saturated carbocycles. The van der Waals surface area contributed by atoms with Crippen molar-refractivity contribution in [2.75, 3.05) is 19.7 Å². The first-order valence-electron chi connectivity index (χ1n) is 8.75. The molecule has 1 spiro atoms. The van der Waals surface area contributed by atoms with Gasteiger partial charge in [0.25, 0.3) is 10.7 Å². The number of hydrogen-bond acceptors (Lipinski definition) is 5. The molecule has 2 heterocycles. The molecule has 1 amide bonds. The minimum Gasteiger partial charge on any atom is -0.429 e. The highest BCUT2D eigenvalue weighted by Gasteiger charge is 2.56. The molecule has 1 aliphatic carbocycles. The van der Waals surface area contributed by atoms with Crippen molar-refractivity contribution < 1.29 is 19.1 Å². The molecule has 7 heteroatoms. The number of likely N-dealkylation sites (tertiary alicyclic amines) is 1. The Bertz CT molecular complexity index is 848. The van der Waals surface area contributed by atoms with Crippen molar-refractivity contribution in [2.45, 2.75) is 38.4 Å². The number of aliphatic hydroxyl groups excluding tert-OH is 1. The molecule has 2 N–H and O–H groups in total. The minimum absolute atomic E-state index is 0.0131. The fraction of sp³-hybridized carbons (Fsp3) is 0.556. The van der Waals surface area contributed by atoms with Crippen LogP contribution in [0, 0.1) is 10.3 Å². The fourth-order valence-electron chi connectivity index (χ4n) is 4.20. The molecule has 1 aromatic heterocycles. The van der Waals surface area contributed by atoms with Crippen LogP contribution >= 0.6 is 12.2 Å². The summed E-state index contributed by atoms with van der Waals surface area (Å²) < 4.78 is 11.2. The smallest absolute Gasteiger partial charge is 0.266 e. The Labute approximate surface area is 150 Å². The van der Waals surface area contributed by atoms with E-state index in [1.807, 2.05) is 17.9 Å². The monoisotopic (exact) mass is 362 g/mol. The summed E-state index contributed by atoms with van der Waals surface area (Å²) >= 11 is 4.98. The van der Waals surface area contributed by atoms with Gasteiger partial charge in [0.2, 0.25) is 0 Å². The summed E-state index contributed by atoms with van der Waals surface area (Å²) in [6.07, 6.45) is 2.05. The van der Waals surface area contributed by atoms with E-state index in [1.54, 1.807) is 12.1 Å². The highest BCUT2D eigenvalue weighted by molar-refractivity contribution is 7.71. The molecule has 134 valence electrons. The van der Waals surface area contributed by atoms with Gasteiger partial charge in [-0.3, -0.25) is 4.79 Å². The summed E-state index contributed by atoms with van der Waals surface area (Å²) in [6, 6.07) is 5.33. The van der Waals surface area contributed by atoms with Gasteiger partial charge >= 0.3 is 0 Å². The molecule has 2 aliphatic rings. The number of rotatable bonds is 3. The van der Waals surface area contributed by atoms with Gasteiger partial charge in [-0.2, -0.15) is 0 Å². The Balaban J connectivity index is 1.48. The second-order valence-electron chi connectivity index (χ2n) is 6.95. The molecule has 1 saturated heterocycles. The Morgan fingerprint density at radius 1 is 1.48 bits per heavy atom. The van der Waals surface area contributed by atoms with Crippen LogP contribution in [0.4, 0.5) is 0 Å². The summed E-state index contributed by atoms with van der Waals surface area (Å²) in [7, 11) is 0. The first-order valence-corrected chi connectivity index (χ1v) is 9.16. The van der Waals surface area contributed by atoms with Crippen molar-refractivity contribution in [3.63, 3.8) is 0 Å². The van der Waals surface area contributed by atoms with Crippen molar-refractivity contribution in [3.8, 4) is 0 Å². The van der Waals surface area contributed by atoms with Crippen LogP contribution in [0.2, 0.25) is 0 Å². The van der Waals surface area contributed by atoms with E-state index in [0.717, 1.165) is 18.4 Å². The lowest BCUT2D eigenvalue weighted by molar-refractivity contribution is -0.207. The van der Waals surface area contributed by atoms with E-state index in [-0.39, 0.29) is 23.5 Å². The number of amides is 1. The van der Waals surface area contributed by atoms with E-state index in [9.17, 15) is 9.90 Å². The van der Waals surface area contributed by atoms with E-state index >= 15 is 0 Å². The van der Waals surface area contributed by atoms with Gasteiger partial charge < -0.3 is 24.1 Å². The average Bonchev–Trinajstić information content (AvgIpc) is 3.00. The number of carbonyl (C=O) groups is 1. The molecule has 2 aromatic rings. The summed E-state index contributed by atoms with van der Waals surface area (Å²) in [4.78, 5) is 17.9. The molecule has 2 atom stereocenters. The van der Waals surface area contributed by atoms with Gasteiger partial charge in [-0.15, -0.1) is 0 Å². The number of nitrogens with zero attached hydrogens (tertiary/aromatic N) is 1. The van der Waals surface area contributed by atoms with Crippen LogP contribution in [0.5, 0.6) is 0 Å². The van der Waals surface area contributed by atoms with Crippen LogP contribution in [0.3, 0.4) is 0 Å². The zero-order chi connectivity index (χ0) is 17.6. The summed E-state index contributed by atoms with van der Waals surface area (Å²) in [6.45, 7) is 3.91. The zero-order valence-corrected chi connectivity index (χ0v) is 15.0. The number of aliphatic hydroxyl groups is 1. The normalized spacial score (nSPS) is 25.3. The number of nitrogens with one attached hydrogen (secondary N) is 1. The Kier molecular flexibility index (Phi) is 4.17. The number of fused-ring (bicyclic) bond motifs is 1. The van der Waals surface area contributed by atoms with Gasteiger partial charge in [0.1, 0.15) is 0 Å². The lowest BCUT2D eigenvalue weighted by atomic mass is 9.58. The number of ether oxygens (including phenoxy) is 1. The second kappa shape index (κ2) is 6.23.